The van der Waals surface area contributed by atoms with Gasteiger partial charge in [-0.3, -0.25) is 9.36 Å². The first-order chi connectivity index (χ1) is 13.3. The van der Waals surface area contributed by atoms with Crippen molar-refractivity contribution in [3.05, 3.63) is 35.9 Å². The van der Waals surface area contributed by atoms with Crippen molar-refractivity contribution in [3.8, 4) is 0 Å². The zero-order valence-corrected chi connectivity index (χ0v) is 16.9. The summed E-state index contributed by atoms with van der Waals surface area (Å²) >= 11 is 0. The molecule has 28 heavy (non-hydrogen) atoms. The zero-order valence-electron chi connectivity index (χ0n) is 16.0. The molecule has 0 aliphatic rings. The molecule has 9 nitrogen and oxygen atoms in total. The van der Waals surface area contributed by atoms with Crippen LogP contribution in [0.5, 0.6) is 0 Å². The van der Waals surface area contributed by atoms with Gasteiger partial charge >= 0.3 is 18.0 Å². The Bertz CT molecular complexity index is 694. The number of rotatable bonds is 11. The average Bonchev–Trinajstić information content (AvgIpc) is 2.68. The zero-order chi connectivity index (χ0) is 21.0. The van der Waals surface area contributed by atoms with Crippen LogP contribution in [-0.4, -0.2) is 55.0 Å². The molecular formula is C18H26NO8P. The first-order valence-electron chi connectivity index (χ1n) is 8.79. The van der Waals surface area contributed by atoms with Crippen molar-refractivity contribution < 1.29 is 38.1 Å². The van der Waals surface area contributed by atoms with Gasteiger partial charge in [0.2, 0.25) is 7.37 Å². The smallest absolute Gasteiger partial charge is 0.408 e. The predicted molar refractivity (Wildman–Crippen MR) is 101 cm³/mol. The normalized spacial score (nSPS) is 13.7. The fraction of sp³-hybridized carbons (Fsp3) is 0.500. The number of benzene rings is 1. The second-order valence-electron chi connectivity index (χ2n) is 5.92. The van der Waals surface area contributed by atoms with Crippen LogP contribution in [0.15, 0.2) is 30.3 Å². The number of methoxy groups -OCH3 is 1. The number of carbonyl (C=O) groups is 3. The molecule has 0 heterocycles. The number of hydrogen-bond acceptors (Lipinski definition) is 7. The van der Waals surface area contributed by atoms with Crippen molar-refractivity contribution in [1.82, 2.24) is 5.32 Å². The van der Waals surface area contributed by atoms with Gasteiger partial charge in [0.05, 0.1) is 20.1 Å². The van der Waals surface area contributed by atoms with Crippen molar-refractivity contribution in [1.29, 1.82) is 0 Å². The van der Waals surface area contributed by atoms with Crippen LogP contribution in [0.4, 0.5) is 4.79 Å². The molecule has 0 aromatic heterocycles. The van der Waals surface area contributed by atoms with E-state index in [1.54, 1.807) is 31.2 Å². The molecule has 156 valence electrons. The quantitative estimate of drug-likeness (QED) is 0.319. The number of hydrogen-bond donors (Lipinski definition) is 2. The Kier molecular flexibility index (Phi) is 10.3. The molecule has 0 spiro atoms. The third-order valence-electron chi connectivity index (χ3n) is 3.73. The lowest BCUT2D eigenvalue weighted by Crippen LogP contribution is -2.42. The maximum Gasteiger partial charge on any atom is 0.408 e. The third kappa shape index (κ3) is 9.53. The Morgan fingerprint density at radius 3 is 2.43 bits per heavy atom. The highest BCUT2D eigenvalue weighted by molar-refractivity contribution is 7.58. The van der Waals surface area contributed by atoms with Crippen LogP contribution in [0.1, 0.15) is 25.3 Å². The van der Waals surface area contributed by atoms with Crippen LogP contribution in [0.3, 0.4) is 0 Å². The van der Waals surface area contributed by atoms with Crippen LogP contribution in [0.2, 0.25) is 0 Å². The highest BCUT2D eigenvalue weighted by Crippen LogP contribution is 2.42. The molecule has 0 radical (unpaired) electrons. The van der Waals surface area contributed by atoms with E-state index in [9.17, 15) is 23.8 Å². The minimum atomic E-state index is -3.68. The first kappa shape index (κ1) is 23.7. The Labute approximate surface area is 163 Å². The van der Waals surface area contributed by atoms with Crippen LogP contribution >= 0.6 is 7.37 Å². The van der Waals surface area contributed by atoms with Gasteiger partial charge in [0.15, 0.2) is 0 Å². The van der Waals surface area contributed by atoms with Crippen molar-refractivity contribution in [2.45, 2.75) is 32.4 Å². The summed E-state index contributed by atoms with van der Waals surface area (Å²) in [6.45, 7) is 1.84. The number of carbonyl (C=O) groups excluding carboxylic acids is 3. The third-order valence-corrected chi connectivity index (χ3v) is 5.61. The summed E-state index contributed by atoms with van der Waals surface area (Å²) in [7, 11) is -2.54. The summed E-state index contributed by atoms with van der Waals surface area (Å²) < 4.78 is 26.6. The van der Waals surface area contributed by atoms with E-state index in [-0.39, 0.29) is 38.4 Å². The van der Waals surface area contributed by atoms with Gasteiger partial charge in [-0.2, -0.15) is 0 Å². The minimum Gasteiger partial charge on any atom is -0.467 e. The molecule has 2 atom stereocenters. The van der Waals surface area contributed by atoms with Crippen LogP contribution < -0.4 is 5.32 Å². The van der Waals surface area contributed by atoms with Gasteiger partial charge in [-0.05, 0) is 18.9 Å². The second kappa shape index (κ2) is 12.2. The average molecular weight is 415 g/mol. The minimum absolute atomic E-state index is 0.0125. The van der Waals surface area contributed by atoms with E-state index >= 15 is 0 Å². The summed E-state index contributed by atoms with van der Waals surface area (Å²) in [4.78, 5) is 45.1. The molecule has 1 amide bonds. The Morgan fingerprint density at radius 1 is 1.14 bits per heavy atom. The molecule has 0 fully saturated rings. The van der Waals surface area contributed by atoms with Crippen LogP contribution in [0, 0.1) is 0 Å². The molecule has 1 aromatic rings. The van der Waals surface area contributed by atoms with Gasteiger partial charge in [-0.1, -0.05) is 30.3 Å². The molecule has 0 aliphatic heterocycles. The van der Waals surface area contributed by atoms with E-state index in [2.05, 4.69) is 10.1 Å². The lowest BCUT2D eigenvalue weighted by atomic mass is 10.2. The molecule has 2 N–H and O–H groups in total. The Morgan fingerprint density at radius 2 is 1.82 bits per heavy atom. The maximum atomic E-state index is 12.2. The van der Waals surface area contributed by atoms with Gasteiger partial charge < -0.3 is 24.4 Å². The van der Waals surface area contributed by atoms with Gasteiger partial charge in [0.25, 0.3) is 0 Å². The summed E-state index contributed by atoms with van der Waals surface area (Å²) in [5.74, 6) is -1.33. The summed E-state index contributed by atoms with van der Waals surface area (Å²) in [6, 6.07) is 7.82. The fourth-order valence-electron chi connectivity index (χ4n) is 2.24. The first-order valence-corrected chi connectivity index (χ1v) is 10.8. The van der Waals surface area contributed by atoms with Crippen molar-refractivity contribution in [2.75, 3.05) is 26.0 Å². The molecule has 1 unspecified atom stereocenters. The van der Waals surface area contributed by atoms with Gasteiger partial charge in [0.1, 0.15) is 12.6 Å². The predicted octanol–water partition coefficient (Wildman–Crippen LogP) is 2.07. The van der Waals surface area contributed by atoms with Gasteiger partial charge in [-0.25, -0.2) is 9.59 Å². The molecular weight excluding hydrogens is 389 g/mol. The molecule has 1 rings (SSSR count). The van der Waals surface area contributed by atoms with Gasteiger partial charge in [-0.15, -0.1) is 0 Å². The Balaban J connectivity index is 2.53. The van der Waals surface area contributed by atoms with E-state index < -0.39 is 31.4 Å². The second-order valence-corrected chi connectivity index (χ2v) is 8.51. The number of ether oxygens (including phenoxy) is 3. The largest absolute Gasteiger partial charge is 0.467 e. The molecule has 0 bridgehead atoms. The molecule has 10 heteroatoms. The van der Waals surface area contributed by atoms with E-state index in [0.717, 1.165) is 12.7 Å². The van der Waals surface area contributed by atoms with E-state index in [0.29, 0.717) is 0 Å². The van der Waals surface area contributed by atoms with Gasteiger partial charge in [0, 0.05) is 12.3 Å². The number of nitrogens with one attached hydrogen (secondary N) is 1. The van der Waals surface area contributed by atoms with Crippen molar-refractivity contribution >= 4 is 25.4 Å². The number of esters is 2. The summed E-state index contributed by atoms with van der Waals surface area (Å²) in [6.07, 6.45) is -1.72. The highest BCUT2D eigenvalue weighted by Gasteiger charge is 2.27. The molecule has 0 saturated carbocycles. The monoisotopic (exact) mass is 415 g/mol. The van der Waals surface area contributed by atoms with Crippen LogP contribution in [-0.2, 0) is 35.0 Å². The lowest BCUT2D eigenvalue weighted by Gasteiger charge is -2.18. The lowest BCUT2D eigenvalue weighted by molar-refractivity contribution is -0.143. The van der Waals surface area contributed by atoms with E-state index in [4.69, 9.17) is 9.47 Å². The van der Waals surface area contributed by atoms with E-state index in [1.807, 2.05) is 6.07 Å². The number of alkyl carbamates (subject to hydrolysis) is 1. The highest BCUT2D eigenvalue weighted by atomic mass is 31.2. The topological polar surface area (TPSA) is 128 Å². The Hall–Kier alpha value is -2.38. The molecule has 0 aliphatic carbocycles. The fourth-order valence-corrected chi connectivity index (χ4v) is 3.66. The van der Waals surface area contributed by atoms with Crippen molar-refractivity contribution in [2.24, 2.45) is 0 Å². The SMILES string of the molecule is CCOC(=O)CCP(=O)(O)CC[C@H](NC(=O)OCc1ccccc1)C(=O)OC. The summed E-state index contributed by atoms with van der Waals surface area (Å²) in [5.41, 5.74) is 0.770. The van der Waals surface area contributed by atoms with Crippen LogP contribution in [0.25, 0.3) is 0 Å². The standard InChI is InChI=1S/C18H26NO8P/c1-3-26-16(20)10-12-28(23,24)11-9-15(17(21)25-2)19-18(22)27-13-14-7-5-4-6-8-14/h4-8,15H,3,9-13H2,1-2H3,(H,19,22)(H,23,24)/t15-/m0/s1. The number of amides is 1. The van der Waals surface area contributed by atoms with Crippen molar-refractivity contribution in [3.63, 3.8) is 0 Å². The van der Waals surface area contributed by atoms with E-state index in [1.165, 1.54) is 0 Å². The summed E-state index contributed by atoms with van der Waals surface area (Å²) in [5, 5.41) is 2.34. The molecule has 0 saturated heterocycles. The molecule has 1 aromatic carbocycles. The maximum absolute atomic E-state index is 12.2.